The summed E-state index contributed by atoms with van der Waals surface area (Å²) in [5.74, 6) is -0.291. The van der Waals surface area contributed by atoms with Gasteiger partial charge in [0.2, 0.25) is 0 Å². The highest BCUT2D eigenvalue weighted by Crippen LogP contribution is 2.02. The van der Waals surface area contributed by atoms with Gasteiger partial charge in [-0.25, -0.2) is 4.79 Å². The number of aliphatic hydroxyl groups is 1. The minimum atomic E-state index is -0.291. The molecule has 114 valence electrons. The highest BCUT2D eigenvalue weighted by molar-refractivity contribution is 5.89. The molecule has 0 heterocycles. The smallest absolute Gasteiger partial charge is 0.337 e. The number of carbonyl (C=O) groups excluding carboxylic acids is 1. The second-order valence-corrected chi connectivity index (χ2v) is 4.26. The molecule has 2 rings (SSSR count). The maximum Gasteiger partial charge on any atom is 0.337 e. The van der Waals surface area contributed by atoms with Crippen molar-refractivity contribution < 1.29 is 14.6 Å². The third-order valence-corrected chi connectivity index (χ3v) is 2.62. The number of ether oxygens (including phenoxy) is 1. The van der Waals surface area contributed by atoms with E-state index in [9.17, 15) is 4.79 Å². The van der Waals surface area contributed by atoms with Crippen LogP contribution in [0.15, 0.2) is 54.6 Å². The summed E-state index contributed by atoms with van der Waals surface area (Å²) in [6.07, 6.45) is 0. The van der Waals surface area contributed by atoms with Crippen molar-refractivity contribution in [3.05, 3.63) is 71.3 Å². The highest BCUT2D eigenvalue weighted by Gasteiger charge is 2.00. The molecule has 2 aromatic rings. The summed E-state index contributed by atoms with van der Waals surface area (Å²) in [4.78, 5) is 10.8. The van der Waals surface area contributed by atoms with Crippen molar-refractivity contribution in [2.45, 2.75) is 20.8 Å². The fourth-order valence-corrected chi connectivity index (χ4v) is 1.35. The van der Waals surface area contributed by atoms with Gasteiger partial charge in [0.05, 0.1) is 12.7 Å². The monoisotopic (exact) mass is 288 g/mol. The lowest BCUT2D eigenvalue weighted by molar-refractivity contribution is 0.0600. The molecule has 0 amide bonds. The topological polar surface area (TPSA) is 46.5 Å². The standard InChI is InChI=1S/C8H8O2.C8H10.C2H6O/c1-10-8(9)7-5-3-2-4-6-7;1-7-5-3-4-6-8(7)2;1-2-3/h2-6H,1H3;3-6H,1-2H3;3H,2H2,1H3. The Labute approximate surface area is 127 Å². The summed E-state index contributed by atoms with van der Waals surface area (Å²) in [6.45, 7) is 6.17. The molecule has 0 radical (unpaired) electrons. The first-order chi connectivity index (χ1) is 10.1. The van der Waals surface area contributed by atoms with Crippen LogP contribution in [0.5, 0.6) is 0 Å². The first-order valence-corrected chi connectivity index (χ1v) is 6.83. The Kier molecular flexibility index (Phi) is 10.5. The van der Waals surface area contributed by atoms with Gasteiger partial charge in [-0.1, -0.05) is 42.5 Å². The Morgan fingerprint density at radius 2 is 1.33 bits per heavy atom. The molecule has 0 aliphatic heterocycles. The maximum absolute atomic E-state index is 10.8. The highest BCUT2D eigenvalue weighted by atomic mass is 16.5. The van der Waals surface area contributed by atoms with Gasteiger partial charge >= 0.3 is 5.97 Å². The van der Waals surface area contributed by atoms with Gasteiger partial charge in [-0.05, 0) is 44.0 Å². The third-order valence-electron chi connectivity index (χ3n) is 2.62. The SMILES string of the molecule is CCO.COC(=O)c1ccccc1.Cc1ccccc1C. The van der Waals surface area contributed by atoms with E-state index in [0.29, 0.717) is 5.56 Å². The molecule has 0 aromatic heterocycles. The average Bonchev–Trinajstić information content (AvgIpc) is 2.52. The van der Waals surface area contributed by atoms with Crippen LogP contribution in [0.3, 0.4) is 0 Å². The van der Waals surface area contributed by atoms with E-state index in [2.05, 4.69) is 42.8 Å². The number of benzene rings is 2. The molecule has 3 heteroatoms. The molecule has 3 nitrogen and oxygen atoms in total. The Morgan fingerprint density at radius 3 is 1.67 bits per heavy atom. The van der Waals surface area contributed by atoms with Crippen LogP contribution in [0.2, 0.25) is 0 Å². The Morgan fingerprint density at radius 1 is 0.952 bits per heavy atom. The molecule has 0 aliphatic rings. The molecule has 0 bridgehead atoms. The van der Waals surface area contributed by atoms with E-state index in [0.717, 1.165) is 0 Å². The minimum Gasteiger partial charge on any atom is -0.465 e. The van der Waals surface area contributed by atoms with Crippen molar-refractivity contribution in [3.63, 3.8) is 0 Å². The lowest BCUT2D eigenvalue weighted by Gasteiger charge is -1.95. The average molecular weight is 288 g/mol. The number of carbonyl (C=O) groups is 1. The van der Waals surface area contributed by atoms with Gasteiger partial charge in [0.15, 0.2) is 0 Å². The minimum absolute atomic E-state index is 0.250. The summed E-state index contributed by atoms with van der Waals surface area (Å²) < 4.78 is 4.50. The van der Waals surface area contributed by atoms with Gasteiger partial charge < -0.3 is 9.84 Å². The predicted octanol–water partition coefficient (Wildman–Crippen LogP) is 3.78. The summed E-state index contributed by atoms with van der Waals surface area (Å²) in [5, 5.41) is 7.57. The summed E-state index contributed by atoms with van der Waals surface area (Å²) in [5.41, 5.74) is 3.32. The van der Waals surface area contributed by atoms with Crippen molar-refractivity contribution in [1.82, 2.24) is 0 Å². The van der Waals surface area contributed by atoms with Crippen molar-refractivity contribution in [1.29, 1.82) is 0 Å². The van der Waals surface area contributed by atoms with Crippen LogP contribution in [-0.4, -0.2) is 24.8 Å². The van der Waals surface area contributed by atoms with E-state index in [4.69, 9.17) is 5.11 Å². The zero-order valence-corrected chi connectivity index (χ0v) is 13.2. The second-order valence-electron chi connectivity index (χ2n) is 4.26. The lowest BCUT2D eigenvalue weighted by atomic mass is 10.1. The van der Waals surface area contributed by atoms with Gasteiger partial charge in [-0.3, -0.25) is 0 Å². The van der Waals surface area contributed by atoms with E-state index in [1.807, 2.05) is 6.07 Å². The van der Waals surface area contributed by atoms with Crippen LogP contribution in [0, 0.1) is 13.8 Å². The number of hydrogen-bond donors (Lipinski definition) is 1. The van der Waals surface area contributed by atoms with E-state index in [1.54, 1.807) is 31.2 Å². The van der Waals surface area contributed by atoms with Crippen molar-refractivity contribution in [2.75, 3.05) is 13.7 Å². The maximum atomic E-state index is 10.8. The van der Waals surface area contributed by atoms with Crippen LogP contribution < -0.4 is 0 Å². The fourth-order valence-electron chi connectivity index (χ4n) is 1.35. The zero-order valence-electron chi connectivity index (χ0n) is 13.2. The van der Waals surface area contributed by atoms with Gasteiger partial charge in [0, 0.05) is 6.61 Å². The normalized spacial score (nSPS) is 8.62. The van der Waals surface area contributed by atoms with Crippen molar-refractivity contribution >= 4 is 5.97 Å². The van der Waals surface area contributed by atoms with Crippen LogP contribution in [0.1, 0.15) is 28.4 Å². The van der Waals surface area contributed by atoms with E-state index >= 15 is 0 Å². The Balaban J connectivity index is 0.000000327. The van der Waals surface area contributed by atoms with Gasteiger partial charge in [-0.15, -0.1) is 0 Å². The molecule has 0 saturated carbocycles. The Bertz CT molecular complexity index is 486. The quantitative estimate of drug-likeness (QED) is 0.812. The first kappa shape index (κ1) is 18.9. The number of aryl methyl sites for hydroxylation is 2. The molecular formula is C18H24O3. The molecule has 0 fully saturated rings. The van der Waals surface area contributed by atoms with E-state index in [-0.39, 0.29) is 12.6 Å². The first-order valence-electron chi connectivity index (χ1n) is 6.83. The van der Waals surface area contributed by atoms with Crippen LogP contribution in [0.4, 0.5) is 0 Å². The largest absolute Gasteiger partial charge is 0.465 e. The molecular weight excluding hydrogens is 264 g/mol. The summed E-state index contributed by atoms with van der Waals surface area (Å²) in [7, 11) is 1.37. The fraction of sp³-hybridized carbons (Fsp3) is 0.278. The summed E-state index contributed by atoms with van der Waals surface area (Å²) in [6, 6.07) is 17.2. The molecule has 0 unspecified atom stereocenters. The third kappa shape index (κ3) is 8.60. The van der Waals surface area contributed by atoms with Crippen LogP contribution in [0.25, 0.3) is 0 Å². The molecule has 1 N–H and O–H groups in total. The van der Waals surface area contributed by atoms with Crippen LogP contribution in [-0.2, 0) is 4.74 Å². The van der Waals surface area contributed by atoms with Gasteiger partial charge in [0.1, 0.15) is 0 Å². The zero-order chi connectivity index (χ0) is 16.1. The molecule has 0 spiro atoms. The number of rotatable bonds is 1. The number of methoxy groups -OCH3 is 1. The molecule has 21 heavy (non-hydrogen) atoms. The van der Waals surface area contributed by atoms with Crippen LogP contribution >= 0.6 is 0 Å². The molecule has 0 atom stereocenters. The lowest BCUT2D eigenvalue weighted by Crippen LogP contribution is -1.99. The summed E-state index contributed by atoms with van der Waals surface area (Å²) >= 11 is 0. The number of hydrogen-bond acceptors (Lipinski definition) is 3. The van der Waals surface area contributed by atoms with Crippen molar-refractivity contribution in [3.8, 4) is 0 Å². The molecule has 2 aromatic carbocycles. The number of aliphatic hydroxyl groups excluding tert-OH is 1. The van der Waals surface area contributed by atoms with E-state index in [1.165, 1.54) is 18.2 Å². The molecule has 0 aliphatic carbocycles. The van der Waals surface area contributed by atoms with E-state index < -0.39 is 0 Å². The molecule has 0 saturated heterocycles. The van der Waals surface area contributed by atoms with Gasteiger partial charge in [0.25, 0.3) is 0 Å². The second kappa shape index (κ2) is 11.7. The number of esters is 1. The predicted molar refractivity (Wildman–Crippen MR) is 86.5 cm³/mol. The Hall–Kier alpha value is -2.13. The van der Waals surface area contributed by atoms with Crippen molar-refractivity contribution in [2.24, 2.45) is 0 Å². The van der Waals surface area contributed by atoms with Gasteiger partial charge in [-0.2, -0.15) is 0 Å².